The van der Waals surface area contributed by atoms with Crippen molar-refractivity contribution in [3.8, 4) is 5.69 Å². The molecule has 3 heterocycles. The van der Waals surface area contributed by atoms with Gasteiger partial charge in [0.1, 0.15) is 0 Å². The first-order valence-corrected chi connectivity index (χ1v) is 13.5. The molecular formula is C32H29N5OS. The topological polar surface area (TPSA) is 62.2 Å². The minimum absolute atomic E-state index is 0.0527. The summed E-state index contributed by atoms with van der Waals surface area (Å²) < 4.78 is 2.19. The minimum Gasteiger partial charge on any atom is -0.352 e. The van der Waals surface area contributed by atoms with Gasteiger partial charge in [-0.3, -0.25) is 9.78 Å². The molecule has 1 amide bonds. The lowest BCUT2D eigenvalue weighted by Gasteiger charge is -2.29. The molecule has 0 saturated carbocycles. The van der Waals surface area contributed by atoms with Gasteiger partial charge in [0.25, 0.3) is 0 Å². The van der Waals surface area contributed by atoms with Crippen molar-refractivity contribution < 1.29 is 4.79 Å². The molecule has 6 nitrogen and oxygen atoms in total. The SMILES string of the molecule is Cc1ccc(-n2cccc2[C@H]2[C@@H](c3ccccn3)NC(=S)N2CCC(=O)Nc2cccc3ccccc23)cc1. The van der Waals surface area contributed by atoms with Crippen LogP contribution in [0.3, 0.4) is 0 Å². The van der Waals surface area contributed by atoms with Crippen LogP contribution in [0.15, 0.2) is 109 Å². The van der Waals surface area contributed by atoms with E-state index in [1.807, 2.05) is 60.7 Å². The number of hydrogen-bond acceptors (Lipinski definition) is 3. The number of nitrogens with one attached hydrogen (secondary N) is 2. The minimum atomic E-state index is -0.154. The van der Waals surface area contributed by atoms with Gasteiger partial charge in [-0.25, -0.2) is 0 Å². The predicted molar refractivity (Wildman–Crippen MR) is 160 cm³/mol. The first kappa shape index (κ1) is 24.8. The number of aromatic nitrogens is 2. The van der Waals surface area contributed by atoms with Gasteiger partial charge in [-0.15, -0.1) is 0 Å². The molecule has 194 valence electrons. The first-order chi connectivity index (χ1) is 19.1. The van der Waals surface area contributed by atoms with Crippen LogP contribution in [0.2, 0.25) is 0 Å². The van der Waals surface area contributed by atoms with E-state index in [1.54, 1.807) is 6.20 Å². The van der Waals surface area contributed by atoms with E-state index in [0.29, 0.717) is 18.1 Å². The van der Waals surface area contributed by atoms with Crippen molar-refractivity contribution in [2.45, 2.75) is 25.4 Å². The first-order valence-electron chi connectivity index (χ1n) is 13.1. The Morgan fingerprint density at radius 3 is 2.56 bits per heavy atom. The Labute approximate surface area is 233 Å². The summed E-state index contributed by atoms with van der Waals surface area (Å²) in [6.07, 6.45) is 4.17. The number of thiocarbonyl (C=S) groups is 1. The maximum atomic E-state index is 13.2. The van der Waals surface area contributed by atoms with Crippen LogP contribution in [0, 0.1) is 6.92 Å². The summed E-state index contributed by atoms with van der Waals surface area (Å²) >= 11 is 5.84. The molecular weight excluding hydrogens is 502 g/mol. The van der Waals surface area contributed by atoms with E-state index in [9.17, 15) is 4.79 Å². The number of carbonyl (C=O) groups excluding carboxylic acids is 1. The number of amides is 1. The van der Waals surface area contributed by atoms with Gasteiger partial charge in [0.2, 0.25) is 5.91 Å². The van der Waals surface area contributed by atoms with Crippen LogP contribution in [0.1, 0.15) is 35.5 Å². The molecule has 0 bridgehead atoms. The number of hydrogen-bond donors (Lipinski definition) is 2. The monoisotopic (exact) mass is 531 g/mol. The van der Waals surface area contributed by atoms with Crippen molar-refractivity contribution in [1.29, 1.82) is 0 Å². The summed E-state index contributed by atoms with van der Waals surface area (Å²) in [6.45, 7) is 2.55. The second kappa shape index (κ2) is 10.7. The molecule has 0 spiro atoms. The zero-order chi connectivity index (χ0) is 26.8. The van der Waals surface area contributed by atoms with Gasteiger partial charge in [-0.2, -0.15) is 0 Å². The second-order valence-corrected chi connectivity index (χ2v) is 10.2. The fraction of sp³-hybridized carbons (Fsp3) is 0.156. The Bertz CT molecular complexity index is 1620. The number of carbonyl (C=O) groups is 1. The highest BCUT2D eigenvalue weighted by molar-refractivity contribution is 7.80. The lowest BCUT2D eigenvalue weighted by Crippen LogP contribution is -2.33. The van der Waals surface area contributed by atoms with Gasteiger partial charge in [-0.05, 0) is 67.0 Å². The summed E-state index contributed by atoms with van der Waals surface area (Å²) in [6, 6.07) is 32.3. The van der Waals surface area contributed by atoms with Crippen LogP contribution in [-0.4, -0.2) is 32.0 Å². The summed E-state index contributed by atoms with van der Waals surface area (Å²) in [5.74, 6) is -0.0527. The van der Waals surface area contributed by atoms with Gasteiger partial charge in [-0.1, -0.05) is 60.2 Å². The van der Waals surface area contributed by atoms with E-state index < -0.39 is 0 Å². The van der Waals surface area contributed by atoms with Crippen LogP contribution >= 0.6 is 12.2 Å². The molecule has 6 rings (SSSR count). The van der Waals surface area contributed by atoms with Gasteiger partial charge in [0.05, 0.1) is 17.8 Å². The van der Waals surface area contributed by atoms with Crippen LogP contribution in [-0.2, 0) is 4.79 Å². The average Bonchev–Trinajstić information content (AvgIpc) is 3.57. The predicted octanol–water partition coefficient (Wildman–Crippen LogP) is 6.34. The molecule has 2 aromatic heterocycles. The van der Waals surface area contributed by atoms with E-state index in [2.05, 4.69) is 74.6 Å². The Morgan fingerprint density at radius 1 is 0.949 bits per heavy atom. The molecule has 1 aliphatic heterocycles. The van der Waals surface area contributed by atoms with Crippen LogP contribution in [0.4, 0.5) is 5.69 Å². The molecule has 1 saturated heterocycles. The van der Waals surface area contributed by atoms with Gasteiger partial charge < -0.3 is 20.1 Å². The lowest BCUT2D eigenvalue weighted by molar-refractivity contribution is -0.116. The van der Waals surface area contributed by atoms with Gasteiger partial charge >= 0.3 is 0 Å². The van der Waals surface area contributed by atoms with E-state index in [-0.39, 0.29) is 18.0 Å². The van der Waals surface area contributed by atoms with E-state index >= 15 is 0 Å². The molecule has 5 aromatic rings. The quantitative estimate of drug-likeness (QED) is 0.240. The Kier molecular flexibility index (Phi) is 6.82. The molecule has 0 unspecified atom stereocenters. The molecule has 2 atom stereocenters. The zero-order valence-corrected chi connectivity index (χ0v) is 22.4. The van der Waals surface area contributed by atoms with Crippen LogP contribution < -0.4 is 10.6 Å². The van der Waals surface area contributed by atoms with Crippen molar-refractivity contribution >= 4 is 39.7 Å². The highest BCUT2D eigenvalue weighted by Crippen LogP contribution is 2.39. The molecule has 0 aliphatic carbocycles. The number of anilines is 1. The largest absolute Gasteiger partial charge is 0.352 e. The number of benzene rings is 3. The Balaban J connectivity index is 1.29. The van der Waals surface area contributed by atoms with Crippen LogP contribution in [0.5, 0.6) is 0 Å². The van der Waals surface area contributed by atoms with Crippen molar-refractivity contribution in [1.82, 2.24) is 19.8 Å². The Hall–Kier alpha value is -4.49. The molecule has 1 aliphatic rings. The van der Waals surface area contributed by atoms with E-state index in [0.717, 1.165) is 33.5 Å². The third-order valence-electron chi connectivity index (χ3n) is 7.24. The number of nitrogens with zero attached hydrogens (tertiary/aromatic N) is 3. The second-order valence-electron chi connectivity index (χ2n) is 9.78. The number of rotatable bonds is 7. The Morgan fingerprint density at radius 2 is 1.74 bits per heavy atom. The van der Waals surface area contributed by atoms with E-state index in [4.69, 9.17) is 12.2 Å². The molecule has 3 aromatic carbocycles. The number of aryl methyl sites for hydroxylation is 1. The van der Waals surface area contributed by atoms with Crippen molar-refractivity contribution in [3.05, 3.63) is 126 Å². The van der Waals surface area contributed by atoms with E-state index in [1.165, 1.54) is 5.56 Å². The standard InChI is InChI=1S/C32H29N5OS/c1-22-14-16-24(17-15-22)36-20-7-13-28(36)31-30(27-11-4-5-19-33-27)35-32(39)37(31)21-18-29(38)34-26-12-6-9-23-8-2-3-10-25(23)26/h2-17,19-20,30-31H,18,21H2,1H3,(H,34,38)(H,35,39)/t30-,31+/m1/s1. The average molecular weight is 532 g/mol. The third kappa shape index (κ3) is 5.01. The molecule has 1 fully saturated rings. The smallest absolute Gasteiger partial charge is 0.226 e. The highest BCUT2D eigenvalue weighted by atomic mass is 32.1. The molecule has 2 N–H and O–H groups in total. The lowest BCUT2D eigenvalue weighted by atomic mass is 10.0. The summed E-state index contributed by atoms with van der Waals surface area (Å²) in [5, 5.41) is 9.34. The van der Waals surface area contributed by atoms with Crippen molar-refractivity contribution in [2.24, 2.45) is 0 Å². The molecule has 39 heavy (non-hydrogen) atoms. The summed E-state index contributed by atoms with van der Waals surface area (Å²) in [4.78, 5) is 19.9. The molecule has 7 heteroatoms. The third-order valence-corrected chi connectivity index (χ3v) is 7.59. The molecule has 0 radical (unpaired) electrons. The number of fused-ring (bicyclic) bond motifs is 1. The van der Waals surface area contributed by atoms with Crippen molar-refractivity contribution in [3.63, 3.8) is 0 Å². The van der Waals surface area contributed by atoms with Gasteiger partial charge in [0.15, 0.2) is 5.11 Å². The fourth-order valence-corrected chi connectivity index (χ4v) is 5.64. The highest BCUT2D eigenvalue weighted by Gasteiger charge is 2.41. The summed E-state index contributed by atoms with van der Waals surface area (Å²) in [5.41, 5.74) is 5.09. The van der Waals surface area contributed by atoms with Gasteiger partial charge in [0, 0.05) is 47.8 Å². The van der Waals surface area contributed by atoms with Crippen LogP contribution in [0.25, 0.3) is 16.5 Å². The maximum absolute atomic E-state index is 13.2. The van der Waals surface area contributed by atoms with Crippen molar-refractivity contribution in [2.75, 3.05) is 11.9 Å². The fourth-order valence-electron chi connectivity index (χ4n) is 5.31. The number of pyridine rings is 1. The zero-order valence-electron chi connectivity index (χ0n) is 21.6. The maximum Gasteiger partial charge on any atom is 0.226 e. The normalized spacial score (nSPS) is 16.8. The summed E-state index contributed by atoms with van der Waals surface area (Å²) in [7, 11) is 0.